The van der Waals surface area contributed by atoms with E-state index in [1.54, 1.807) is 7.11 Å². The summed E-state index contributed by atoms with van der Waals surface area (Å²) in [7, 11) is 1.65. The first-order chi connectivity index (χ1) is 16.1. The lowest BCUT2D eigenvalue weighted by Crippen LogP contribution is -2.26. The molecular formula is C26H20ClN3O2S. The van der Waals surface area contributed by atoms with Crippen LogP contribution in [0.3, 0.4) is 0 Å². The molecule has 2 aliphatic rings. The zero-order chi connectivity index (χ0) is 22.8. The average molecular weight is 474 g/mol. The standard InChI is InChI=1S/C26H20ClN3O2S/c1-32-20-13-11-18(12-14-20)23-16-22(17-7-3-2-4-8-17)29-30(23)25-24(33-26(31)28-25)15-19-9-5-6-10-21(19)27/h2-15,23H,16H2,1H3/b24-15-/t23-/m0/s1. The van der Waals surface area contributed by atoms with Crippen molar-refractivity contribution in [2.45, 2.75) is 12.5 Å². The Morgan fingerprint density at radius 3 is 2.48 bits per heavy atom. The van der Waals surface area contributed by atoms with Gasteiger partial charge in [-0.3, -0.25) is 4.79 Å². The third-order valence-corrected chi connectivity index (χ3v) is 6.67. The SMILES string of the molecule is COc1ccc([C@@H]2CC(c3ccccc3)=NN2C2=NC(=O)S/C2=C\c2ccccc2Cl)cc1. The molecular weight excluding hydrogens is 454 g/mol. The lowest BCUT2D eigenvalue weighted by molar-refractivity contribution is 0.267. The topological polar surface area (TPSA) is 54.3 Å². The van der Waals surface area contributed by atoms with Gasteiger partial charge in [0.1, 0.15) is 5.75 Å². The van der Waals surface area contributed by atoms with E-state index in [0.29, 0.717) is 17.3 Å². The molecule has 2 heterocycles. The first-order valence-corrected chi connectivity index (χ1v) is 11.6. The quantitative estimate of drug-likeness (QED) is 0.417. The molecule has 3 aromatic rings. The van der Waals surface area contributed by atoms with Gasteiger partial charge >= 0.3 is 5.24 Å². The number of halogens is 1. The maximum absolute atomic E-state index is 12.4. The molecule has 0 N–H and O–H groups in total. The lowest BCUT2D eigenvalue weighted by Gasteiger charge is -2.24. The Kier molecular flexibility index (Phi) is 6.03. The van der Waals surface area contributed by atoms with E-state index in [1.165, 1.54) is 0 Å². The number of carbonyl (C=O) groups is 1. The minimum absolute atomic E-state index is 0.106. The molecule has 5 nitrogen and oxygen atoms in total. The third kappa shape index (κ3) is 4.45. The Labute approximate surface area is 201 Å². The number of hydrogen-bond acceptors (Lipinski definition) is 5. The van der Waals surface area contributed by atoms with Crippen molar-refractivity contribution in [1.82, 2.24) is 5.01 Å². The van der Waals surface area contributed by atoms with E-state index < -0.39 is 0 Å². The first-order valence-electron chi connectivity index (χ1n) is 10.5. The number of methoxy groups -OCH3 is 1. The zero-order valence-corrected chi connectivity index (χ0v) is 19.4. The van der Waals surface area contributed by atoms with Crippen LogP contribution in [0.5, 0.6) is 5.75 Å². The van der Waals surface area contributed by atoms with Gasteiger partial charge in [-0.05, 0) is 52.7 Å². The van der Waals surface area contributed by atoms with Crippen LogP contribution in [0.4, 0.5) is 4.79 Å². The predicted octanol–water partition coefficient (Wildman–Crippen LogP) is 6.81. The van der Waals surface area contributed by atoms with Crippen LogP contribution in [0.15, 0.2) is 93.9 Å². The third-order valence-electron chi connectivity index (χ3n) is 5.54. The molecule has 0 fully saturated rings. The highest BCUT2D eigenvalue weighted by Gasteiger charge is 2.36. The summed E-state index contributed by atoms with van der Waals surface area (Å²) in [5.74, 6) is 1.33. The smallest absolute Gasteiger partial charge is 0.311 e. The molecule has 33 heavy (non-hydrogen) atoms. The summed E-state index contributed by atoms with van der Waals surface area (Å²) >= 11 is 7.46. The van der Waals surface area contributed by atoms with Crippen LogP contribution in [0.25, 0.3) is 6.08 Å². The van der Waals surface area contributed by atoms with E-state index in [2.05, 4.69) is 4.99 Å². The highest BCUT2D eigenvalue weighted by molar-refractivity contribution is 8.18. The fraction of sp³-hybridized carbons (Fsp3) is 0.115. The van der Waals surface area contributed by atoms with E-state index in [1.807, 2.05) is 89.9 Å². The molecule has 1 atom stereocenters. The predicted molar refractivity (Wildman–Crippen MR) is 135 cm³/mol. The van der Waals surface area contributed by atoms with Gasteiger partial charge in [0.2, 0.25) is 0 Å². The Bertz CT molecular complexity index is 1290. The van der Waals surface area contributed by atoms with Crippen LogP contribution in [0, 0.1) is 0 Å². The van der Waals surface area contributed by atoms with Crippen molar-refractivity contribution in [1.29, 1.82) is 0 Å². The minimum Gasteiger partial charge on any atom is -0.497 e. The number of rotatable bonds is 4. The number of benzene rings is 3. The maximum atomic E-state index is 12.4. The van der Waals surface area contributed by atoms with Crippen LogP contribution >= 0.6 is 23.4 Å². The number of carbonyl (C=O) groups excluding carboxylic acids is 1. The number of nitrogens with zero attached hydrogens (tertiary/aromatic N) is 3. The van der Waals surface area contributed by atoms with Crippen molar-refractivity contribution in [3.8, 4) is 5.75 Å². The number of hydrazone groups is 1. The summed E-state index contributed by atoms with van der Waals surface area (Å²) in [4.78, 5) is 17.4. The Hall–Kier alpha value is -3.35. The van der Waals surface area contributed by atoms with Crippen molar-refractivity contribution in [3.05, 3.63) is 105 Å². The molecule has 5 rings (SSSR count). The molecule has 0 aliphatic carbocycles. The summed E-state index contributed by atoms with van der Waals surface area (Å²) < 4.78 is 5.32. The second-order valence-electron chi connectivity index (χ2n) is 7.58. The molecule has 2 aliphatic heterocycles. The summed E-state index contributed by atoms with van der Waals surface area (Å²) in [6.45, 7) is 0. The molecule has 164 valence electrons. The Balaban J connectivity index is 1.57. The number of thioether (sulfide) groups is 1. The molecule has 0 aromatic heterocycles. The second kappa shape index (κ2) is 9.25. The molecule has 3 aromatic carbocycles. The second-order valence-corrected chi connectivity index (χ2v) is 8.98. The van der Waals surface area contributed by atoms with Gasteiger partial charge in [0.25, 0.3) is 0 Å². The highest BCUT2D eigenvalue weighted by atomic mass is 35.5. The summed E-state index contributed by atoms with van der Waals surface area (Å²) in [6, 6.07) is 25.4. The molecule has 0 saturated carbocycles. The van der Waals surface area contributed by atoms with Crippen LogP contribution < -0.4 is 4.74 Å². The van der Waals surface area contributed by atoms with Gasteiger partial charge in [-0.25, -0.2) is 5.01 Å². The van der Waals surface area contributed by atoms with Crippen LogP contribution in [0.1, 0.15) is 29.2 Å². The van der Waals surface area contributed by atoms with Gasteiger partial charge in [-0.2, -0.15) is 10.1 Å². The first kappa shape index (κ1) is 21.5. The van der Waals surface area contributed by atoms with Crippen molar-refractivity contribution < 1.29 is 9.53 Å². The van der Waals surface area contributed by atoms with E-state index in [0.717, 1.165) is 44.8 Å². The number of amides is 1. The van der Waals surface area contributed by atoms with Crippen molar-refractivity contribution in [2.75, 3.05) is 7.11 Å². The Morgan fingerprint density at radius 2 is 1.76 bits per heavy atom. The van der Waals surface area contributed by atoms with E-state index >= 15 is 0 Å². The summed E-state index contributed by atoms with van der Waals surface area (Å²) in [5, 5.41) is 7.16. The lowest BCUT2D eigenvalue weighted by atomic mass is 9.98. The van der Waals surface area contributed by atoms with Crippen LogP contribution in [0.2, 0.25) is 5.02 Å². The van der Waals surface area contributed by atoms with Crippen molar-refractivity contribution in [3.63, 3.8) is 0 Å². The highest BCUT2D eigenvalue weighted by Crippen LogP contribution is 2.40. The molecule has 0 spiro atoms. The van der Waals surface area contributed by atoms with Crippen molar-refractivity contribution >= 4 is 46.2 Å². The molecule has 0 unspecified atom stereocenters. The van der Waals surface area contributed by atoms with E-state index in [-0.39, 0.29) is 11.3 Å². The van der Waals surface area contributed by atoms with E-state index in [9.17, 15) is 4.79 Å². The number of amidine groups is 1. The normalized spacial score (nSPS) is 19.1. The summed E-state index contributed by atoms with van der Waals surface area (Å²) in [6.07, 6.45) is 2.59. The van der Waals surface area contributed by atoms with E-state index in [4.69, 9.17) is 21.4 Å². The molecule has 0 saturated heterocycles. The van der Waals surface area contributed by atoms with Crippen LogP contribution in [-0.4, -0.2) is 28.9 Å². The van der Waals surface area contributed by atoms with Gasteiger partial charge < -0.3 is 4.74 Å². The van der Waals surface area contributed by atoms with Gasteiger partial charge in [0.15, 0.2) is 5.84 Å². The van der Waals surface area contributed by atoms with Crippen LogP contribution in [-0.2, 0) is 0 Å². The maximum Gasteiger partial charge on any atom is 0.311 e. The molecule has 0 radical (unpaired) electrons. The Morgan fingerprint density at radius 1 is 1.03 bits per heavy atom. The fourth-order valence-electron chi connectivity index (χ4n) is 3.89. The molecule has 1 amide bonds. The van der Waals surface area contributed by atoms with Gasteiger partial charge in [0, 0.05) is 11.4 Å². The molecule has 0 bridgehead atoms. The number of aliphatic imine (C=N–C) groups is 1. The van der Waals surface area contributed by atoms with Crippen molar-refractivity contribution in [2.24, 2.45) is 10.1 Å². The number of hydrogen-bond donors (Lipinski definition) is 0. The monoisotopic (exact) mass is 473 g/mol. The van der Waals surface area contributed by atoms with Gasteiger partial charge in [-0.15, -0.1) is 0 Å². The summed E-state index contributed by atoms with van der Waals surface area (Å²) in [5.41, 5.74) is 3.89. The largest absolute Gasteiger partial charge is 0.497 e. The van der Waals surface area contributed by atoms with Gasteiger partial charge in [-0.1, -0.05) is 72.3 Å². The average Bonchev–Trinajstić information content (AvgIpc) is 3.44. The minimum atomic E-state index is -0.264. The fourth-order valence-corrected chi connectivity index (χ4v) is 4.82. The number of ether oxygens (including phenoxy) is 1. The molecule has 7 heteroatoms. The zero-order valence-electron chi connectivity index (χ0n) is 17.8. The van der Waals surface area contributed by atoms with Gasteiger partial charge in [0.05, 0.1) is 23.8 Å².